The van der Waals surface area contributed by atoms with E-state index in [0.717, 1.165) is 19.6 Å². The van der Waals surface area contributed by atoms with Gasteiger partial charge in [-0.05, 0) is 33.9 Å². The smallest absolute Gasteiger partial charge is 0.0639 e. The summed E-state index contributed by atoms with van der Waals surface area (Å²) in [6.07, 6.45) is -0.708. The van der Waals surface area contributed by atoms with Gasteiger partial charge in [-0.2, -0.15) is 0 Å². The third-order valence-electron chi connectivity index (χ3n) is 3.04. The van der Waals surface area contributed by atoms with Crippen LogP contribution in [-0.4, -0.2) is 71.0 Å². The SMILES string of the molecule is CCN(CC)CC(C)N(CC(C)O)CC(C)O. The van der Waals surface area contributed by atoms with Crippen LogP contribution < -0.4 is 0 Å². The molecule has 2 N–H and O–H groups in total. The van der Waals surface area contributed by atoms with Crippen LogP contribution in [0.1, 0.15) is 34.6 Å². The van der Waals surface area contributed by atoms with Crippen molar-refractivity contribution in [1.29, 1.82) is 0 Å². The summed E-state index contributed by atoms with van der Waals surface area (Å²) in [5.74, 6) is 0. The molecule has 3 unspecified atom stereocenters. The molecule has 0 aliphatic heterocycles. The first-order chi connectivity index (χ1) is 7.90. The summed E-state index contributed by atoms with van der Waals surface area (Å²) >= 11 is 0. The van der Waals surface area contributed by atoms with Crippen LogP contribution >= 0.6 is 0 Å². The second-order valence-electron chi connectivity index (χ2n) is 4.99. The number of hydrogen-bond donors (Lipinski definition) is 2. The molecule has 0 rings (SSSR count). The Bertz CT molecular complexity index is 172. The fourth-order valence-corrected chi connectivity index (χ4v) is 2.08. The first-order valence-corrected chi connectivity index (χ1v) is 6.73. The lowest BCUT2D eigenvalue weighted by Gasteiger charge is -2.34. The van der Waals surface area contributed by atoms with Crippen molar-refractivity contribution in [3.8, 4) is 0 Å². The van der Waals surface area contributed by atoms with E-state index in [1.54, 1.807) is 13.8 Å². The van der Waals surface area contributed by atoms with E-state index in [9.17, 15) is 10.2 Å². The van der Waals surface area contributed by atoms with Crippen LogP contribution in [0.4, 0.5) is 0 Å². The molecule has 0 radical (unpaired) electrons. The Labute approximate surface area is 106 Å². The van der Waals surface area contributed by atoms with Crippen LogP contribution in [0.3, 0.4) is 0 Å². The Morgan fingerprint density at radius 2 is 1.24 bits per heavy atom. The van der Waals surface area contributed by atoms with Gasteiger partial charge in [0.25, 0.3) is 0 Å². The molecule has 0 saturated carbocycles. The van der Waals surface area contributed by atoms with E-state index >= 15 is 0 Å². The maximum Gasteiger partial charge on any atom is 0.0639 e. The highest BCUT2D eigenvalue weighted by Crippen LogP contribution is 2.05. The monoisotopic (exact) mass is 246 g/mol. The molecule has 0 aliphatic rings. The first-order valence-electron chi connectivity index (χ1n) is 6.73. The number of hydrogen-bond acceptors (Lipinski definition) is 4. The predicted molar refractivity (Wildman–Crippen MR) is 72.2 cm³/mol. The lowest BCUT2D eigenvalue weighted by molar-refractivity contribution is 0.0505. The molecule has 0 fully saturated rings. The zero-order valence-electron chi connectivity index (χ0n) is 12.1. The van der Waals surface area contributed by atoms with Gasteiger partial charge in [0.15, 0.2) is 0 Å². The molecule has 0 spiro atoms. The molecule has 0 aromatic heterocycles. The van der Waals surface area contributed by atoms with Crippen LogP contribution in [0.5, 0.6) is 0 Å². The Hall–Kier alpha value is -0.160. The van der Waals surface area contributed by atoms with E-state index in [2.05, 4.69) is 30.6 Å². The number of aliphatic hydroxyl groups excluding tert-OH is 2. The van der Waals surface area contributed by atoms with E-state index in [4.69, 9.17) is 0 Å². The number of aliphatic hydroxyl groups is 2. The molecule has 17 heavy (non-hydrogen) atoms. The fourth-order valence-electron chi connectivity index (χ4n) is 2.08. The van der Waals surface area contributed by atoms with Crippen molar-refractivity contribution in [2.45, 2.75) is 52.9 Å². The largest absolute Gasteiger partial charge is 0.392 e. The van der Waals surface area contributed by atoms with Gasteiger partial charge in [0.1, 0.15) is 0 Å². The predicted octanol–water partition coefficient (Wildman–Crippen LogP) is 0.780. The van der Waals surface area contributed by atoms with Gasteiger partial charge < -0.3 is 15.1 Å². The summed E-state index contributed by atoms with van der Waals surface area (Å²) < 4.78 is 0. The molecule has 3 atom stereocenters. The van der Waals surface area contributed by atoms with Gasteiger partial charge in [0, 0.05) is 25.7 Å². The fraction of sp³-hybridized carbons (Fsp3) is 1.00. The van der Waals surface area contributed by atoms with Crippen LogP contribution in [0.15, 0.2) is 0 Å². The van der Waals surface area contributed by atoms with Crippen molar-refractivity contribution < 1.29 is 10.2 Å². The summed E-state index contributed by atoms with van der Waals surface area (Å²) in [6, 6.07) is 0.346. The molecule has 4 nitrogen and oxygen atoms in total. The van der Waals surface area contributed by atoms with Crippen molar-refractivity contribution in [2.24, 2.45) is 0 Å². The zero-order valence-corrected chi connectivity index (χ0v) is 12.1. The van der Waals surface area contributed by atoms with E-state index in [1.807, 2.05) is 0 Å². The minimum Gasteiger partial charge on any atom is -0.392 e. The van der Waals surface area contributed by atoms with Gasteiger partial charge in [-0.3, -0.25) is 4.90 Å². The molecular formula is C13H30N2O2. The average molecular weight is 246 g/mol. The van der Waals surface area contributed by atoms with Crippen molar-refractivity contribution in [1.82, 2.24) is 9.80 Å². The lowest BCUT2D eigenvalue weighted by atomic mass is 10.2. The quantitative estimate of drug-likeness (QED) is 0.631. The van der Waals surface area contributed by atoms with E-state index in [0.29, 0.717) is 19.1 Å². The molecule has 0 bridgehead atoms. The van der Waals surface area contributed by atoms with E-state index in [1.165, 1.54) is 0 Å². The lowest BCUT2D eigenvalue weighted by Crippen LogP contribution is -2.47. The average Bonchev–Trinajstić information content (AvgIpc) is 2.23. The number of nitrogens with zero attached hydrogens (tertiary/aromatic N) is 2. The van der Waals surface area contributed by atoms with Gasteiger partial charge >= 0.3 is 0 Å². The van der Waals surface area contributed by atoms with Gasteiger partial charge in [-0.15, -0.1) is 0 Å². The highest BCUT2D eigenvalue weighted by molar-refractivity contribution is 4.74. The maximum absolute atomic E-state index is 9.50. The van der Waals surface area contributed by atoms with Crippen molar-refractivity contribution in [2.75, 3.05) is 32.7 Å². The molecule has 104 valence electrons. The topological polar surface area (TPSA) is 46.9 Å². The van der Waals surface area contributed by atoms with Crippen molar-refractivity contribution >= 4 is 0 Å². The Morgan fingerprint density at radius 3 is 1.53 bits per heavy atom. The highest BCUT2D eigenvalue weighted by atomic mass is 16.3. The van der Waals surface area contributed by atoms with Gasteiger partial charge in [0.05, 0.1) is 12.2 Å². The van der Waals surface area contributed by atoms with Crippen LogP contribution in [0.2, 0.25) is 0 Å². The minimum absolute atomic E-state index is 0.346. The molecule has 4 heteroatoms. The second-order valence-corrected chi connectivity index (χ2v) is 4.99. The van der Waals surface area contributed by atoms with Crippen LogP contribution in [0, 0.1) is 0 Å². The minimum atomic E-state index is -0.354. The molecule has 0 aromatic rings. The standard InChI is InChI=1S/C13H30N2O2/c1-6-14(7-2)8-11(3)15(9-12(4)16)10-13(5)17/h11-13,16-17H,6-10H2,1-5H3. The van der Waals surface area contributed by atoms with Crippen molar-refractivity contribution in [3.63, 3.8) is 0 Å². The number of likely N-dealkylation sites (N-methyl/N-ethyl adjacent to an activating group) is 1. The van der Waals surface area contributed by atoms with Crippen LogP contribution in [-0.2, 0) is 0 Å². The molecule has 0 amide bonds. The van der Waals surface area contributed by atoms with Gasteiger partial charge in [0.2, 0.25) is 0 Å². The Kier molecular flexibility index (Phi) is 8.78. The van der Waals surface area contributed by atoms with E-state index < -0.39 is 0 Å². The zero-order chi connectivity index (χ0) is 13.4. The molecule has 0 saturated heterocycles. The summed E-state index contributed by atoms with van der Waals surface area (Å²) in [5, 5.41) is 19.0. The Balaban J connectivity index is 4.34. The number of rotatable bonds is 9. The molecule has 0 aliphatic carbocycles. The summed E-state index contributed by atoms with van der Waals surface area (Å²) in [4.78, 5) is 4.52. The first kappa shape index (κ1) is 16.8. The molecule has 0 aromatic carbocycles. The second kappa shape index (κ2) is 8.86. The van der Waals surface area contributed by atoms with Crippen molar-refractivity contribution in [3.05, 3.63) is 0 Å². The third-order valence-corrected chi connectivity index (χ3v) is 3.04. The highest BCUT2D eigenvalue weighted by Gasteiger charge is 2.19. The normalized spacial score (nSPS) is 17.5. The van der Waals surface area contributed by atoms with E-state index in [-0.39, 0.29) is 12.2 Å². The summed E-state index contributed by atoms with van der Waals surface area (Å²) in [7, 11) is 0. The van der Waals surface area contributed by atoms with Crippen LogP contribution in [0.25, 0.3) is 0 Å². The van der Waals surface area contributed by atoms with Gasteiger partial charge in [-0.25, -0.2) is 0 Å². The maximum atomic E-state index is 9.50. The third kappa shape index (κ3) is 7.71. The summed E-state index contributed by atoms with van der Waals surface area (Å²) in [6.45, 7) is 14.3. The van der Waals surface area contributed by atoms with Gasteiger partial charge in [-0.1, -0.05) is 13.8 Å². The Morgan fingerprint density at radius 1 is 0.824 bits per heavy atom. The summed E-state index contributed by atoms with van der Waals surface area (Å²) in [5.41, 5.74) is 0. The molecule has 0 heterocycles. The molecular weight excluding hydrogens is 216 g/mol.